The molecule has 0 heterocycles. The number of alkyl halides is 3. The van der Waals surface area contributed by atoms with Gasteiger partial charge in [-0.15, -0.1) is 0 Å². The number of rotatable bonds is 6. The van der Waals surface area contributed by atoms with Crippen molar-refractivity contribution < 1.29 is 27.4 Å². The Morgan fingerprint density at radius 1 is 1.14 bits per heavy atom. The first-order valence-corrected chi connectivity index (χ1v) is 7.93. The number of amides is 1. The zero-order chi connectivity index (χ0) is 20.7. The maximum absolute atomic E-state index is 12.2. The van der Waals surface area contributed by atoms with Crippen LogP contribution in [0.2, 0.25) is 0 Å². The van der Waals surface area contributed by atoms with E-state index in [9.17, 15) is 18.0 Å². The third-order valence-electron chi connectivity index (χ3n) is 3.42. The number of nitriles is 2. The molecule has 1 atom stereocenters. The number of carbonyl (C=O) groups excluding carboxylic acids is 1. The van der Waals surface area contributed by atoms with E-state index in [1.807, 2.05) is 6.07 Å². The molecule has 0 radical (unpaired) electrons. The highest BCUT2D eigenvalue weighted by atomic mass is 19.4. The van der Waals surface area contributed by atoms with Gasteiger partial charge in [-0.2, -0.15) is 23.7 Å². The van der Waals surface area contributed by atoms with Gasteiger partial charge in [-0.25, -0.2) is 0 Å². The smallest absolute Gasteiger partial charge is 0.422 e. The Balaban J connectivity index is 2.02. The second kappa shape index (κ2) is 8.78. The molecular weight excluding hydrogens is 375 g/mol. The van der Waals surface area contributed by atoms with Gasteiger partial charge in [0.25, 0.3) is 5.91 Å². The van der Waals surface area contributed by atoms with Crippen LogP contribution in [0.4, 0.5) is 18.9 Å². The normalized spacial score (nSPS) is 11.6. The van der Waals surface area contributed by atoms with Crippen LogP contribution >= 0.6 is 0 Å². The highest BCUT2D eigenvalue weighted by Crippen LogP contribution is 2.25. The zero-order valence-corrected chi connectivity index (χ0v) is 14.6. The summed E-state index contributed by atoms with van der Waals surface area (Å²) in [6.45, 7) is -0.0254. The third kappa shape index (κ3) is 5.92. The van der Waals surface area contributed by atoms with Gasteiger partial charge in [0.05, 0.1) is 17.2 Å². The fraction of sp³-hybridized carbons (Fsp3) is 0.211. The number of ether oxygens (including phenoxy) is 2. The topological polar surface area (TPSA) is 95.1 Å². The van der Waals surface area contributed by atoms with E-state index in [2.05, 4.69) is 10.1 Å². The van der Waals surface area contributed by atoms with E-state index in [0.717, 1.165) is 0 Å². The average Bonchev–Trinajstić information content (AvgIpc) is 2.66. The fourth-order valence-electron chi connectivity index (χ4n) is 2.09. The SMILES string of the molecule is CC(Oc1ccc(C#N)cc1)C(=O)Nc1ccc(OCC(F)(F)F)c(C#N)c1. The van der Waals surface area contributed by atoms with Crippen LogP contribution in [0.25, 0.3) is 0 Å². The van der Waals surface area contributed by atoms with Crippen molar-refractivity contribution in [3.63, 3.8) is 0 Å². The molecule has 6 nitrogen and oxygen atoms in total. The third-order valence-corrected chi connectivity index (χ3v) is 3.42. The molecule has 0 fully saturated rings. The fourth-order valence-corrected chi connectivity index (χ4v) is 2.09. The summed E-state index contributed by atoms with van der Waals surface area (Å²) in [5.41, 5.74) is 0.500. The molecule has 0 aromatic heterocycles. The Hall–Kier alpha value is -3.72. The minimum atomic E-state index is -4.53. The Kier molecular flexibility index (Phi) is 6.46. The van der Waals surface area contributed by atoms with Gasteiger partial charge in [0, 0.05) is 5.69 Å². The minimum Gasteiger partial charge on any atom is -0.483 e. The summed E-state index contributed by atoms with van der Waals surface area (Å²) in [5.74, 6) is -0.382. The van der Waals surface area contributed by atoms with Gasteiger partial charge in [-0.1, -0.05) is 0 Å². The lowest BCUT2D eigenvalue weighted by Crippen LogP contribution is -2.30. The van der Waals surface area contributed by atoms with Gasteiger partial charge in [-0.05, 0) is 49.4 Å². The maximum atomic E-state index is 12.2. The van der Waals surface area contributed by atoms with Crippen LogP contribution in [-0.4, -0.2) is 24.8 Å². The maximum Gasteiger partial charge on any atom is 0.422 e. The van der Waals surface area contributed by atoms with Crippen molar-refractivity contribution in [3.05, 3.63) is 53.6 Å². The van der Waals surface area contributed by atoms with Crippen molar-refractivity contribution in [1.29, 1.82) is 10.5 Å². The van der Waals surface area contributed by atoms with E-state index in [4.69, 9.17) is 15.3 Å². The van der Waals surface area contributed by atoms with Crippen molar-refractivity contribution in [2.24, 2.45) is 0 Å². The second-order valence-electron chi connectivity index (χ2n) is 5.61. The zero-order valence-electron chi connectivity index (χ0n) is 14.6. The van der Waals surface area contributed by atoms with Crippen molar-refractivity contribution in [1.82, 2.24) is 0 Å². The molecule has 1 unspecified atom stereocenters. The van der Waals surface area contributed by atoms with E-state index in [1.54, 1.807) is 30.3 Å². The second-order valence-corrected chi connectivity index (χ2v) is 5.61. The van der Waals surface area contributed by atoms with Gasteiger partial charge in [-0.3, -0.25) is 4.79 Å². The lowest BCUT2D eigenvalue weighted by Gasteiger charge is -2.15. The van der Waals surface area contributed by atoms with Crippen molar-refractivity contribution in [2.45, 2.75) is 19.2 Å². The molecule has 2 rings (SSSR count). The first kappa shape index (κ1) is 20.6. The van der Waals surface area contributed by atoms with Crippen molar-refractivity contribution >= 4 is 11.6 Å². The van der Waals surface area contributed by atoms with Gasteiger partial charge < -0.3 is 14.8 Å². The standard InChI is InChI=1S/C19H14F3N3O3/c1-12(28-16-5-2-13(9-23)3-6-16)18(26)25-15-4-7-17(14(8-15)10-24)27-11-19(20,21)22/h2-8,12H,11H2,1H3,(H,25,26). The van der Waals surface area contributed by atoms with E-state index in [-0.39, 0.29) is 17.0 Å². The van der Waals surface area contributed by atoms with Gasteiger partial charge >= 0.3 is 6.18 Å². The molecule has 0 spiro atoms. The summed E-state index contributed by atoms with van der Waals surface area (Å²) in [6, 6.07) is 13.6. The number of nitrogens with one attached hydrogen (secondary N) is 1. The van der Waals surface area contributed by atoms with Gasteiger partial charge in [0.1, 0.15) is 17.6 Å². The molecule has 2 aromatic rings. The minimum absolute atomic E-state index is 0.150. The summed E-state index contributed by atoms with van der Waals surface area (Å²) >= 11 is 0. The number of nitrogens with zero attached hydrogens (tertiary/aromatic N) is 2. The van der Waals surface area contributed by atoms with Crippen LogP contribution in [0.15, 0.2) is 42.5 Å². The molecule has 28 heavy (non-hydrogen) atoms. The molecule has 1 N–H and O–H groups in total. The number of anilines is 1. The molecule has 0 aliphatic heterocycles. The molecule has 0 aliphatic rings. The van der Waals surface area contributed by atoms with Crippen LogP contribution in [0, 0.1) is 22.7 Å². The molecule has 2 aromatic carbocycles. The predicted molar refractivity (Wildman–Crippen MR) is 92.6 cm³/mol. The van der Waals surface area contributed by atoms with E-state index < -0.39 is 24.8 Å². The largest absolute Gasteiger partial charge is 0.483 e. The number of halogens is 3. The monoisotopic (exact) mass is 389 g/mol. The van der Waals surface area contributed by atoms with Gasteiger partial charge in [0.2, 0.25) is 0 Å². The summed E-state index contributed by atoms with van der Waals surface area (Å²) in [5, 5.41) is 20.4. The summed E-state index contributed by atoms with van der Waals surface area (Å²) in [6.07, 6.45) is -5.43. The Morgan fingerprint density at radius 3 is 2.39 bits per heavy atom. The number of carbonyl (C=O) groups is 1. The summed E-state index contributed by atoms with van der Waals surface area (Å²) in [7, 11) is 0. The molecule has 9 heteroatoms. The Morgan fingerprint density at radius 2 is 1.82 bits per heavy atom. The molecule has 144 valence electrons. The molecule has 0 saturated carbocycles. The quantitative estimate of drug-likeness (QED) is 0.811. The Bertz CT molecular complexity index is 929. The average molecular weight is 389 g/mol. The van der Waals surface area contributed by atoms with E-state index >= 15 is 0 Å². The van der Waals surface area contributed by atoms with Crippen LogP contribution in [-0.2, 0) is 4.79 Å². The highest BCUT2D eigenvalue weighted by Gasteiger charge is 2.29. The first-order chi connectivity index (χ1) is 13.2. The molecular formula is C19H14F3N3O3. The van der Waals surface area contributed by atoms with Crippen LogP contribution in [0.1, 0.15) is 18.1 Å². The van der Waals surface area contributed by atoms with E-state index in [0.29, 0.717) is 11.3 Å². The van der Waals surface area contributed by atoms with Crippen molar-refractivity contribution in [3.8, 4) is 23.6 Å². The molecule has 0 bridgehead atoms. The Labute approximate surface area is 158 Å². The summed E-state index contributed by atoms with van der Waals surface area (Å²) in [4.78, 5) is 12.2. The van der Waals surface area contributed by atoms with Crippen molar-refractivity contribution in [2.75, 3.05) is 11.9 Å². The predicted octanol–water partition coefficient (Wildman–Crippen LogP) is 3.78. The van der Waals surface area contributed by atoms with Crippen LogP contribution < -0.4 is 14.8 Å². The number of hydrogen-bond acceptors (Lipinski definition) is 5. The van der Waals surface area contributed by atoms with Gasteiger partial charge in [0.15, 0.2) is 12.7 Å². The summed E-state index contributed by atoms with van der Waals surface area (Å²) < 4.78 is 46.8. The first-order valence-electron chi connectivity index (χ1n) is 7.93. The van der Waals surface area contributed by atoms with Crippen LogP contribution in [0.5, 0.6) is 11.5 Å². The molecule has 0 saturated heterocycles. The van der Waals surface area contributed by atoms with E-state index in [1.165, 1.54) is 25.1 Å². The molecule has 1 amide bonds. The number of hydrogen-bond donors (Lipinski definition) is 1. The lowest BCUT2D eigenvalue weighted by molar-refractivity contribution is -0.153. The van der Waals surface area contributed by atoms with Crippen LogP contribution in [0.3, 0.4) is 0 Å². The number of benzene rings is 2. The highest BCUT2D eigenvalue weighted by molar-refractivity contribution is 5.94. The lowest BCUT2D eigenvalue weighted by atomic mass is 10.2. The molecule has 0 aliphatic carbocycles.